The molecule has 112 valence electrons. The zero-order valence-corrected chi connectivity index (χ0v) is 15.2. The molecule has 1 heterocycles. The molecule has 1 N–H and O–H groups in total. The zero-order chi connectivity index (χ0) is 15.2. The third kappa shape index (κ3) is 5.62. The van der Waals surface area contributed by atoms with Crippen LogP contribution in [0.2, 0.25) is 5.02 Å². The van der Waals surface area contributed by atoms with Crippen LogP contribution in [0.5, 0.6) is 0 Å². The summed E-state index contributed by atoms with van der Waals surface area (Å²) in [4.78, 5) is 5.45. The van der Waals surface area contributed by atoms with Gasteiger partial charge in [0.2, 0.25) is 0 Å². The second-order valence-electron chi connectivity index (χ2n) is 5.19. The van der Waals surface area contributed by atoms with Crippen molar-refractivity contribution in [2.75, 3.05) is 6.54 Å². The van der Waals surface area contributed by atoms with Gasteiger partial charge >= 0.3 is 0 Å². The molecule has 0 aliphatic carbocycles. The topological polar surface area (TPSA) is 24.9 Å². The van der Waals surface area contributed by atoms with Crippen LogP contribution in [-0.4, -0.2) is 11.5 Å². The molecule has 1 aromatic carbocycles. The quantitative estimate of drug-likeness (QED) is 0.721. The fourth-order valence-corrected chi connectivity index (χ4v) is 3.35. The molecule has 0 saturated carbocycles. The van der Waals surface area contributed by atoms with Crippen molar-refractivity contribution in [3.8, 4) is 0 Å². The van der Waals surface area contributed by atoms with Crippen molar-refractivity contribution in [1.29, 1.82) is 0 Å². The first-order valence-electron chi connectivity index (χ1n) is 6.83. The highest BCUT2D eigenvalue weighted by molar-refractivity contribution is 9.10. The standard InChI is InChI=1S/C16H18BrClN2S/c1-11(2)8-19-9-12-3-5-14(7-15(12)17)21-16-6-4-13(18)10-20-16/h3-7,10-11,19H,8-9H2,1-2H3. The van der Waals surface area contributed by atoms with Crippen LogP contribution < -0.4 is 5.32 Å². The lowest BCUT2D eigenvalue weighted by Gasteiger charge is -2.10. The van der Waals surface area contributed by atoms with Crippen molar-refractivity contribution in [1.82, 2.24) is 10.3 Å². The fraction of sp³-hybridized carbons (Fsp3) is 0.312. The Bertz CT molecular complexity index is 587. The summed E-state index contributed by atoms with van der Waals surface area (Å²) < 4.78 is 1.12. The van der Waals surface area contributed by atoms with Gasteiger partial charge in [-0.2, -0.15) is 0 Å². The van der Waals surface area contributed by atoms with Crippen LogP contribution in [-0.2, 0) is 6.54 Å². The number of benzene rings is 1. The molecule has 0 aliphatic rings. The molecule has 0 radical (unpaired) electrons. The summed E-state index contributed by atoms with van der Waals surface area (Å²) in [6.45, 7) is 6.32. The summed E-state index contributed by atoms with van der Waals surface area (Å²) in [5.41, 5.74) is 1.27. The molecule has 21 heavy (non-hydrogen) atoms. The van der Waals surface area contributed by atoms with Gasteiger partial charge in [0.05, 0.1) is 5.02 Å². The van der Waals surface area contributed by atoms with Crippen molar-refractivity contribution in [3.63, 3.8) is 0 Å². The van der Waals surface area contributed by atoms with E-state index in [0.717, 1.165) is 27.5 Å². The molecule has 0 atom stereocenters. The van der Waals surface area contributed by atoms with E-state index < -0.39 is 0 Å². The Balaban J connectivity index is 1.99. The summed E-state index contributed by atoms with van der Waals surface area (Å²) in [5, 5.41) is 5.05. The summed E-state index contributed by atoms with van der Waals surface area (Å²) in [6, 6.07) is 10.2. The fourth-order valence-electron chi connectivity index (χ4n) is 1.77. The molecule has 2 rings (SSSR count). The molecule has 0 unspecified atom stereocenters. The van der Waals surface area contributed by atoms with Crippen molar-refractivity contribution in [2.24, 2.45) is 5.92 Å². The number of nitrogens with one attached hydrogen (secondary N) is 1. The van der Waals surface area contributed by atoms with Crippen LogP contribution in [0.3, 0.4) is 0 Å². The predicted molar refractivity (Wildman–Crippen MR) is 94.1 cm³/mol. The molecule has 2 aromatic rings. The molecular weight excluding hydrogens is 368 g/mol. The van der Waals surface area contributed by atoms with Crippen LogP contribution in [0.4, 0.5) is 0 Å². The number of nitrogens with zero attached hydrogens (tertiary/aromatic N) is 1. The van der Waals surface area contributed by atoms with E-state index in [9.17, 15) is 0 Å². The van der Waals surface area contributed by atoms with Gasteiger partial charge in [0.25, 0.3) is 0 Å². The Labute approximate surface area is 143 Å². The zero-order valence-electron chi connectivity index (χ0n) is 12.1. The van der Waals surface area contributed by atoms with Gasteiger partial charge in [0.1, 0.15) is 5.03 Å². The van der Waals surface area contributed by atoms with Gasteiger partial charge < -0.3 is 5.32 Å². The second kappa shape index (κ2) is 8.18. The van der Waals surface area contributed by atoms with Gasteiger partial charge in [0, 0.05) is 22.1 Å². The van der Waals surface area contributed by atoms with Crippen LogP contribution in [0.1, 0.15) is 19.4 Å². The average Bonchev–Trinajstić information content (AvgIpc) is 2.43. The lowest BCUT2D eigenvalue weighted by atomic mass is 10.2. The Morgan fingerprint density at radius 3 is 2.71 bits per heavy atom. The minimum absolute atomic E-state index is 0.659. The van der Waals surface area contributed by atoms with Gasteiger partial charge in [-0.3, -0.25) is 0 Å². The maximum absolute atomic E-state index is 5.85. The van der Waals surface area contributed by atoms with E-state index in [4.69, 9.17) is 11.6 Å². The lowest BCUT2D eigenvalue weighted by Crippen LogP contribution is -2.19. The van der Waals surface area contributed by atoms with E-state index >= 15 is 0 Å². The number of halogens is 2. The predicted octanol–water partition coefficient (Wildman–Crippen LogP) is 5.39. The van der Waals surface area contributed by atoms with E-state index in [0.29, 0.717) is 10.9 Å². The Morgan fingerprint density at radius 1 is 1.29 bits per heavy atom. The largest absolute Gasteiger partial charge is 0.312 e. The number of pyridine rings is 1. The van der Waals surface area contributed by atoms with Gasteiger partial charge in [-0.05, 0) is 42.3 Å². The number of aromatic nitrogens is 1. The molecular formula is C16H18BrClN2S. The summed E-state index contributed by atoms with van der Waals surface area (Å²) in [6.07, 6.45) is 1.67. The molecule has 0 amide bonds. The van der Waals surface area contributed by atoms with E-state index in [1.54, 1.807) is 18.0 Å². The van der Waals surface area contributed by atoms with Crippen molar-refractivity contribution in [2.45, 2.75) is 30.3 Å². The summed E-state index contributed by atoms with van der Waals surface area (Å²) in [7, 11) is 0. The van der Waals surface area contributed by atoms with Crippen LogP contribution in [0.15, 0.2) is 50.9 Å². The van der Waals surface area contributed by atoms with Crippen molar-refractivity contribution < 1.29 is 0 Å². The second-order valence-corrected chi connectivity index (χ2v) is 7.58. The number of hydrogen-bond acceptors (Lipinski definition) is 3. The third-order valence-corrected chi connectivity index (χ3v) is 4.72. The van der Waals surface area contributed by atoms with Crippen LogP contribution in [0.25, 0.3) is 0 Å². The van der Waals surface area contributed by atoms with E-state index in [1.165, 1.54) is 5.56 Å². The lowest BCUT2D eigenvalue weighted by molar-refractivity contribution is 0.551. The molecule has 0 saturated heterocycles. The van der Waals surface area contributed by atoms with Gasteiger partial charge in [-0.25, -0.2) is 4.98 Å². The molecule has 0 bridgehead atoms. The minimum atomic E-state index is 0.659. The first-order chi connectivity index (χ1) is 10.0. The average molecular weight is 386 g/mol. The smallest absolute Gasteiger partial charge is 0.101 e. The van der Waals surface area contributed by atoms with Gasteiger partial charge in [-0.1, -0.05) is 59.2 Å². The maximum atomic E-state index is 5.85. The highest BCUT2D eigenvalue weighted by Gasteiger charge is 2.04. The van der Waals surface area contributed by atoms with Gasteiger partial charge in [0.15, 0.2) is 0 Å². The Hall–Kier alpha value is -0.550. The SMILES string of the molecule is CC(C)CNCc1ccc(Sc2ccc(Cl)cn2)cc1Br. The normalized spacial score (nSPS) is 11.1. The van der Waals surface area contributed by atoms with E-state index in [-0.39, 0.29) is 0 Å². The number of rotatable bonds is 6. The van der Waals surface area contributed by atoms with Crippen molar-refractivity contribution >= 4 is 39.3 Å². The minimum Gasteiger partial charge on any atom is -0.312 e. The molecule has 1 aromatic heterocycles. The molecule has 2 nitrogen and oxygen atoms in total. The first-order valence-corrected chi connectivity index (χ1v) is 8.82. The van der Waals surface area contributed by atoms with Crippen LogP contribution >= 0.6 is 39.3 Å². The molecule has 5 heteroatoms. The third-order valence-electron chi connectivity index (χ3n) is 2.82. The highest BCUT2D eigenvalue weighted by atomic mass is 79.9. The Morgan fingerprint density at radius 2 is 2.10 bits per heavy atom. The van der Waals surface area contributed by atoms with E-state index in [2.05, 4.69) is 58.3 Å². The molecule has 0 spiro atoms. The van der Waals surface area contributed by atoms with Crippen molar-refractivity contribution in [3.05, 3.63) is 51.6 Å². The monoisotopic (exact) mass is 384 g/mol. The first kappa shape index (κ1) is 16.8. The maximum Gasteiger partial charge on any atom is 0.101 e. The molecule has 0 aliphatic heterocycles. The molecule has 0 fully saturated rings. The van der Waals surface area contributed by atoms with Gasteiger partial charge in [-0.15, -0.1) is 0 Å². The summed E-state index contributed by atoms with van der Waals surface area (Å²) >= 11 is 11.1. The highest BCUT2D eigenvalue weighted by Crippen LogP contribution is 2.30. The van der Waals surface area contributed by atoms with E-state index in [1.807, 2.05) is 12.1 Å². The Kier molecular flexibility index (Phi) is 6.55. The summed E-state index contributed by atoms with van der Waals surface area (Å²) in [5.74, 6) is 0.662. The number of hydrogen-bond donors (Lipinski definition) is 1. The van der Waals surface area contributed by atoms with Crippen LogP contribution in [0, 0.1) is 5.92 Å².